The van der Waals surface area contributed by atoms with E-state index in [1.807, 2.05) is 60.7 Å². The minimum Gasteiger partial charge on any atom is -0.492 e. The Hall–Kier alpha value is -3.21. The van der Waals surface area contributed by atoms with E-state index >= 15 is 0 Å². The second-order valence-corrected chi connectivity index (χ2v) is 9.49. The first kappa shape index (κ1) is 21.6. The van der Waals surface area contributed by atoms with Crippen LogP contribution in [0.15, 0.2) is 82.8 Å². The number of esters is 1. The highest BCUT2D eigenvalue weighted by Gasteiger charge is 2.53. The minimum absolute atomic E-state index is 0.104. The lowest BCUT2D eigenvalue weighted by molar-refractivity contribution is -0.160. The lowest BCUT2D eigenvalue weighted by Gasteiger charge is -2.48. The maximum absolute atomic E-state index is 13.5. The van der Waals surface area contributed by atoms with Crippen LogP contribution in [0.1, 0.15) is 17.2 Å². The highest BCUT2D eigenvalue weighted by Crippen LogP contribution is 2.36. The number of rotatable bonds is 7. The van der Waals surface area contributed by atoms with Crippen LogP contribution in [-0.4, -0.2) is 50.6 Å². The summed E-state index contributed by atoms with van der Waals surface area (Å²) in [4.78, 5) is 31.7. The molecule has 3 aromatic rings. The fourth-order valence-corrected chi connectivity index (χ4v) is 5.22. The predicted molar refractivity (Wildman–Crippen MR) is 123 cm³/mol. The van der Waals surface area contributed by atoms with Gasteiger partial charge >= 0.3 is 5.97 Å². The van der Waals surface area contributed by atoms with Crippen LogP contribution in [0.5, 0.6) is 0 Å². The second kappa shape index (κ2) is 9.34. The molecule has 10 heteroatoms. The number of fused-ring (bicyclic) bond motifs is 1. The molecule has 2 aromatic carbocycles. The third-order valence-electron chi connectivity index (χ3n) is 5.49. The number of amides is 1. The summed E-state index contributed by atoms with van der Waals surface area (Å²) in [7, 11) is 0. The standard InChI is InChI=1S/C23H20N4O4S2/c24-18-16-11-30-17(12-32-23-25-13-26-33-23)19(27(16)21(18)28)22(29)31-20(14-7-3-1-4-8-14)15-9-5-2-6-10-15/h1-10,13,16,18,20H,11-12,24H2. The number of hydrogen-bond donors (Lipinski definition) is 1. The van der Waals surface area contributed by atoms with E-state index in [2.05, 4.69) is 9.36 Å². The van der Waals surface area contributed by atoms with Crippen molar-refractivity contribution in [2.75, 3.05) is 12.4 Å². The number of nitrogens with zero attached hydrogens (tertiary/aromatic N) is 3. The van der Waals surface area contributed by atoms with Crippen molar-refractivity contribution >= 4 is 35.2 Å². The van der Waals surface area contributed by atoms with E-state index in [9.17, 15) is 9.59 Å². The van der Waals surface area contributed by atoms with Gasteiger partial charge in [0.2, 0.25) is 5.91 Å². The second-order valence-electron chi connectivity index (χ2n) is 7.49. The van der Waals surface area contributed by atoms with Crippen LogP contribution in [0.3, 0.4) is 0 Å². The van der Waals surface area contributed by atoms with Gasteiger partial charge in [-0.25, -0.2) is 9.78 Å². The van der Waals surface area contributed by atoms with Gasteiger partial charge in [0.15, 0.2) is 16.1 Å². The monoisotopic (exact) mass is 480 g/mol. The highest BCUT2D eigenvalue weighted by atomic mass is 32.2. The van der Waals surface area contributed by atoms with Crippen LogP contribution >= 0.6 is 23.3 Å². The van der Waals surface area contributed by atoms with E-state index in [0.29, 0.717) is 11.5 Å². The zero-order valence-corrected chi connectivity index (χ0v) is 19.0. The number of ether oxygens (including phenoxy) is 2. The van der Waals surface area contributed by atoms with Crippen molar-refractivity contribution in [2.24, 2.45) is 5.73 Å². The number of nitrogens with two attached hydrogens (primary N) is 1. The largest absolute Gasteiger partial charge is 0.492 e. The summed E-state index contributed by atoms with van der Waals surface area (Å²) < 4.78 is 16.6. The number of carbonyl (C=O) groups is 2. The smallest absolute Gasteiger partial charge is 0.359 e. The van der Waals surface area contributed by atoms with Gasteiger partial charge in [0.25, 0.3) is 0 Å². The average Bonchev–Trinajstić information content (AvgIpc) is 3.39. The normalized spacial score (nSPS) is 19.7. The van der Waals surface area contributed by atoms with Gasteiger partial charge in [0.1, 0.15) is 24.7 Å². The topological polar surface area (TPSA) is 108 Å². The first-order valence-corrected chi connectivity index (χ1v) is 12.0. The molecule has 33 heavy (non-hydrogen) atoms. The summed E-state index contributed by atoms with van der Waals surface area (Å²) >= 11 is 2.63. The Labute approximate surface area is 198 Å². The Bertz CT molecular complexity index is 1130. The van der Waals surface area contributed by atoms with Gasteiger partial charge < -0.3 is 15.2 Å². The molecule has 5 rings (SSSR count). The van der Waals surface area contributed by atoms with E-state index in [4.69, 9.17) is 15.2 Å². The SMILES string of the molecule is NC1C(=O)N2C(C(=O)OC(c3ccccc3)c3ccccc3)=C(CSc3ncns3)OCC12. The van der Waals surface area contributed by atoms with Gasteiger partial charge in [-0.1, -0.05) is 72.4 Å². The fourth-order valence-electron chi connectivity index (χ4n) is 3.83. The maximum atomic E-state index is 13.5. The Balaban J connectivity index is 1.47. The minimum atomic E-state index is -0.691. The van der Waals surface area contributed by atoms with Gasteiger partial charge in [-0.15, -0.1) is 0 Å². The van der Waals surface area contributed by atoms with Gasteiger partial charge in [0.05, 0.1) is 11.8 Å². The van der Waals surface area contributed by atoms with Gasteiger partial charge in [0, 0.05) is 0 Å². The molecule has 0 radical (unpaired) electrons. The van der Waals surface area contributed by atoms with Crippen molar-refractivity contribution in [2.45, 2.75) is 22.5 Å². The van der Waals surface area contributed by atoms with Crippen LogP contribution in [0, 0.1) is 0 Å². The molecule has 168 valence electrons. The molecule has 2 atom stereocenters. The van der Waals surface area contributed by atoms with Crippen molar-refractivity contribution < 1.29 is 19.1 Å². The van der Waals surface area contributed by atoms with E-state index in [1.54, 1.807) is 0 Å². The van der Waals surface area contributed by atoms with Crippen molar-refractivity contribution in [3.05, 3.63) is 89.6 Å². The summed E-state index contributed by atoms with van der Waals surface area (Å²) in [6.07, 6.45) is 0.825. The molecule has 2 aliphatic rings. The molecule has 0 spiro atoms. The lowest BCUT2D eigenvalue weighted by Crippen LogP contribution is -2.71. The number of benzene rings is 2. The van der Waals surface area contributed by atoms with Crippen molar-refractivity contribution in [1.29, 1.82) is 0 Å². The summed E-state index contributed by atoms with van der Waals surface area (Å²) in [5.41, 5.74) is 7.70. The molecule has 1 aromatic heterocycles. The molecular weight excluding hydrogens is 460 g/mol. The summed E-state index contributed by atoms with van der Waals surface area (Å²) in [5.74, 6) is -0.265. The van der Waals surface area contributed by atoms with Gasteiger partial charge in [-0.3, -0.25) is 9.69 Å². The molecule has 1 saturated heterocycles. The lowest BCUT2D eigenvalue weighted by atomic mass is 9.93. The molecule has 2 N–H and O–H groups in total. The number of thioether (sulfide) groups is 1. The summed E-state index contributed by atoms with van der Waals surface area (Å²) in [6.45, 7) is 0.233. The molecule has 3 heterocycles. The number of aromatic nitrogens is 2. The van der Waals surface area contributed by atoms with Crippen molar-refractivity contribution in [1.82, 2.24) is 14.3 Å². The first-order valence-electron chi connectivity index (χ1n) is 10.3. The fraction of sp³-hybridized carbons (Fsp3) is 0.217. The first-order chi connectivity index (χ1) is 16.1. The van der Waals surface area contributed by atoms with E-state index in [-0.39, 0.29) is 24.3 Å². The van der Waals surface area contributed by atoms with Crippen LogP contribution in [-0.2, 0) is 19.1 Å². The zero-order valence-electron chi connectivity index (χ0n) is 17.4. The Morgan fingerprint density at radius 1 is 1.18 bits per heavy atom. The predicted octanol–water partition coefficient (Wildman–Crippen LogP) is 2.74. The van der Waals surface area contributed by atoms with Gasteiger partial charge in [-0.05, 0) is 22.7 Å². The van der Waals surface area contributed by atoms with Crippen molar-refractivity contribution in [3.63, 3.8) is 0 Å². The van der Waals surface area contributed by atoms with E-state index in [1.165, 1.54) is 34.5 Å². The average molecular weight is 481 g/mol. The zero-order chi connectivity index (χ0) is 22.8. The van der Waals surface area contributed by atoms with Crippen LogP contribution in [0.2, 0.25) is 0 Å². The van der Waals surface area contributed by atoms with Crippen LogP contribution in [0.4, 0.5) is 0 Å². The Morgan fingerprint density at radius 3 is 2.45 bits per heavy atom. The molecule has 8 nitrogen and oxygen atoms in total. The van der Waals surface area contributed by atoms with E-state index < -0.39 is 18.1 Å². The molecule has 0 aliphatic carbocycles. The molecular formula is C23H20N4O4S2. The summed E-state index contributed by atoms with van der Waals surface area (Å²) in [6, 6.07) is 17.9. The van der Waals surface area contributed by atoms with Crippen molar-refractivity contribution in [3.8, 4) is 0 Å². The van der Waals surface area contributed by atoms with Crippen LogP contribution < -0.4 is 5.73 Å². The Kier molecular flexibility index (Phi) is 6.12. The molecule has 1 fully saturated rings. The highest BCUT2D eigenvalue weighted by molar-refractivity contribution is 8.01. The number of hydrogen-bond acceptors (Lipinski definition) is 9. The molecule has 2 aliphatic heterocycles. The number of carbonyl (C=O) groups excluding carboxylic acids is 2. The third-order valence-corrected chi connectivity index (χ3v) is 7.29. The quantitative estimate of drug-likeness (QED) is 0.313. The van der Waals surface area contributed by atoms with E-state index in [0.717, 1.165) is 15.5 Å². The third kappa shape index (κ3) is 4.24. The molecule has 0 bridgehead atoms. The molecule has 2 unspecified atom stereocenters. The molecule has 1 amide bonds. The maximum Gasteiger partial charge on any atom is 0.359 e. The molecule has 0 saturated carbocycles. The number of β-lactam (4-membered cyclic amide) rings is 1. The van der Waals surface area contributed by atoms with Gasteiger partial charge in [-0.2, -0.15) is 4.37 Å². The summed E-state index contributed by atoms with van der Waals surface area (Å²) in [5, 5.41) is 0. The Morgan fingerprint density at radius 2 is 1.85 bits per heavy atom. The van der Waals surface area contributed by atoms with Crippen LogP contribution in [0.25, 0.3) is 0 Å².